The molecule has 2 atom stereocenters. The average Bonchev–Trinajstić information content (AvgIpc) is 3.50. The van der Waals surface area contributed by atoms with Crippen LogP contribution in [0.4, 0.5) is 23.7 Å². The zero-order valence-electron chi connectivity index (χ0n) is 20.5. The number of likely N-dealkylation sites (tertiary alicyclic amines) is 1. The van der Waals surface area contributed by atoms with Crippen molar-refractivity contribution < 1.29 is 22.7 Å². The fourth-order valence-electron chi connectivity index (χ4n) is 5.52. The van der Waals surface area contributed by atoms with Crippen LogP contribution in [0.2, 0.25) is 0 Å². The van der Waals surface area contributed by atoms with Gasteiger partial charge in [0, 0.05) is 54.5 Å². The van der Waals surface area contributed by atoms with Crippen molar-refractivity contribution in [2.75, 3.05) is 32.1 Å². The maximum absolute atomic E-state index is 13.3. The number of ether oxygens (including phenoxy) is 1. The van der Waals surface area contributed by atoms with E-state index in [2.05, 4.69) is 20.5 Å². The zero-order valence-corrected chi connectivity index (χ0v) is 20.5. The molecule has 2 N–H and O–H groups in total. The Bertz CT molecular complexity index is 1470. The van der Waals surface area contributed by atoms with Crippen LogP contribution in [0.5, 0.6) is 5.88 Å². The predicted molar refractivity (Wildman–Crippen MR) is 136 cm³/mol. The van der Waals surface area contributed by atoms with Crippen LogP contribution in [-0.4, -0.2) is 70.0 Å². The van der Waals surface area contributed by atoms with Crippen molar-refractivity contribution in [3.8, 4) is 17.1 Å². The first-order valence-corrected chi connectivity index (χ1v) is 12.2. The van der Waals surface area contributed by atoms with E-state index in [1.165, 1.54) is 4.90 Å². The Labute approximate surface area is 216 Å². The number of hydrogen-bond donors (Lipinski definition) is 2. The lowest BCUT2D eigenvalue weighted by molar-refractivity contribution is -0.143. The van der Waals surface area contributed by atoms with E-state index in [9.17, 15) is 18.0 Å². The zero-order chi connectivity index (χ0) is 26.4. The number of hydrogen-bond acceptors (Lipinski definition) is 5. The van der Waals surface area contributed by atoms with Gasteiger partial charge in [0.25, 0.3) is 0 Å². The SMILES string of the molecule is COc1ccc(-c2n[nH]c3cc4c(cc23)CN([C@@H]2CN(CC(F)(F)F)CC2c2ccccc2)C(=O)N4)cn1. The quantitative estimate of drug-likeness (QED) is 0.385. The van der Waals surface area contributed by atoms with Gasteiger partial charge in [0.2, 0.25) is 5.88 Å². The summed E-state index contributed by atoms with van der Waals surface area (Å²) in [4.78, 5) is 20.6. The average molecular weight is 523 g/mol. The second kappa shape index (κ2) is 9.32. The summed E-state index contributed by atoms with van der Waals surface area (Å²) in [6.45, 7) is -0.372. The summed E-state index contributed by atoms with van der Waals surface area (Å²) < 4.78 is 44.9. The number of fused-ring (bicyclic) bond motifs is 2. The number of nitrogens with one attached hydrogen (secondary N) is 2. The van der Waals surface area contributed by atoms with E-state index in [1.54, 1.807) is 24.3 Å². The Balaban J connectivity index is 1.33. The Hall–Kier alpha value is -4.12. The van der Waals surface area contributed by atoms with Crippen molar-refractivity contribution >= 4 is 22.6 Å². The number of amides is 2. The largest absolute Gasteiger partial charge is 0.481 e. The first-order valence-electron chi connectivity index (χ1n) is 12.2. The summed E-state index contributed by atoms with van der Waals surface area (Å²) in [5.74, 6) is 0.248. The molecule has 2 aromatic carbocycles. The maximum atomic E-state index is 13.3. The van der Waals surface area contributed by atoms with Gasteiger partial charge in [0.1, 0.15) is 5.69 Å². The van der Waals surface area contributed by atoms with Gasteiger partial charge in [0.15, 0.2) is 0 Å². The summed E-state index contributed by atoms with van der Waals surface area (Å²) in [6.07, 6.45) is -2.63. The number of alkyl halides is 3. The highest BCUT2D eigenvalue weighted by molar-refractivity contribution is 6.00. The molecule has 0 aliphatic carbocycles. The first-order chi connectivity index (χ1) is 18.3. The Morgan fingerprint density at radius 3 is 2.63 bits per heavy atom. The summed E-state index contributed by atoms with van der Waals surface area (Å²) in [5, 5.41) is 11.3. The topological polar surface area (TPSA) is 86.4 Å². The van der Waals surface area contributed by atoms with Gasteiger partial charge in [-0.2, -0.15) is 18.3 Å². The number of urea groups is 1. The molecule has 0 radical (unpaired) electrons. The molecule has 2 amide bonds. The highest BCUT2D eigenvalue weighted by Gasteiger charge is 2.44. The lowest BCUT2D eigenvalue weighted by Crippen LogP contribution is -2.48. The summed E-state index contributed by atoms with van der Waals surface area (Å²) >= 11 is 0. The van der Waals surface area contributed by atoms with E-state index in [1.807, 2.05) is 48.5 Å². The van der Waals surface area contributed by atoms with Crippen molar-refractivity contribution in [2.24, 2.45) is 0 Å². The van der Waals surface area contributed by atoms with Crippen molar-refractivity contribution in [1.82, 2.24) is 25.0 Å². The third kappa shape index (κ3) is 4.53. The number of methoxy groups -OCH3 is 1. The highest BCUT2D eigenvalue weighted by atomic mass is 19.4. The molecule has 4 heterocycles. The van der Waals surface area contributed by atoms with Crippen LogP contribution < -0.4 is 10.1 Å². The maximum Gasteiger partial charge on any atom is 0.401 e. The molecule has 1 unspecified atom stereocenters. The molecule has 0 spiro atoms. The minimum Gasteiger partial charge on any atom is -0.481 e. The second-order valence-corrected chi connectivity index (χ2v) is 9.67. The Morgan fingerprint density at radius 2 is 1.92 bits per heavy atom. The van der Waals surface area contributed by atoms with E-state index in [0.29, 0.717) is 17.3 Å². The van der Waals surface area contributed by atoms with Crippen LogP contribution in [0.3, 0.4) is 0 Å². The number of benzene rings is 2. The number of H-pyrrole nitrogens is 1. The number of aromatic amines is 1. The number of carbonyl (C=O) groups is 1. The van der Waals surface area contributed by atoms with E-state index < -0.39 is 18.8 Å². The molecule has 6 rings (SSSR count). The van der Waals surface area contributed by atoms with E-state index in [4.69, 9.17) is 4.74 Å². The van der Waals surface area contributed by atoms with Crippen LogP contribution in [-0.2, 0) is 6.54 Å². The van der Waals surface area contributed by atoms with Crippen molar-refractivity contribution in [1.29, 1.82) is 0 Å². The molecule has 8 nitrogen and oxygen atoms in total. The van der Waals surface area contributed by atoms with Gasteiger partial charge < -0.3 is 15.0 Å². The van der Waals surface area contributed by atoms with Gasteiger partial charge in [-0.1, -0.05) is 30.3 Å². The number of rotatable bonds is 5. The normalized spacial score (nSPS) is 20.0. The molecule has 196 valence electrons. The molecular weight excluding hydrogens is 497 g/mol. The number of carbonyl (C=O) groups excluding carboxylic acids is 1. The molecule has 2 aliphatic heterocycles. The van der Waals surface area contributed by atoms with Gasteiger partial charge in [-0.3, -0.25) is 10.00 Å². The smallest absolute Gasteiger partial charge is 0.401 e. The molecule has 1 fully saturated rings. The monoisotopic (exact) mass is 522 g/mol. The molecule has 11 heteroatoms. The predicted octanol–water partition coefficient (Wildman–Crippen LogP) is 5.01. The fourth-order valence-corrected chi connectivity index (χ4v) is 5.52. The summed E-state index contributed by atoms with van der Waals surface area (Å²) in [7, 11) is 1.55. The fraction of sp³-hybridized carbons (Fsp3) is 0.296. The number of anilines is 1. The van der Waals surface area contributed by atoms with Crippen LogP contribution in [0.1, 0.15) is 17.0 Å². The van der Waals surface area contributed by atoms with Crippen molar-refractivity contribution in [3.05, 3.63) is 71.9 Å². The third-order valence-electron chi connectivity index (χ3n) is 7.24. The molecule has 2 aliphatic rings. The second-order valence-electron chi connectivity index (χ2n) is 9.67. The van der Waals surface area contributed by atoms with E-state index in [-0.39, 0.29) is 31.6 Å². The number of halogens is 3. The van der Waals surface area contributed by atoms with Crippen molar-refractivity contribution in [2.45, 2.75) is 24.7 Å². The highest BCUT2D eigenvalue weighted by Crippen LogP contribution is 2.38. The van der Waals surface area contributed by atoms with Gasteiger partial charge in [-0.25, -0.2) is 9.78 Å². The summed E-state index contributed by atoms with van der Waals surface area (Å²) in [6, 6.07) is 16.1. The minimum atomic E-state index is -4.31. The standard InChI is InChI=1S/C27H25F3N6O2/c1-38-24-8-7-17(11-31-24)25-19-9-18-12-36(26(37)32-21(18)10-22(19)33-34-25)23-14-35(15-27(28,29)30)13-20(23)16-5-3-2-4-6-16/h2-11,20,23H,12-15H2,1H3,(H,32,37)(H,33,34)/t20?,23-/m1/s1. The molecule has 4 aromatic rings. The third-order valence-corrected chi connectivity index (χ3v) is 7.24. The molecular formula is C27H25F3N6O2. The van der Waals surface area contributed by atoms with Gasteiger partial charge in [0.05, 0.1) is 25.2 Å². The molecule has 0 bridgehead atoms. The molecule has 0 saturated carbocycles. The molecule has 2 aromatic heterocycles. The number of nitrogens with zero attached hydrogens (tertiary/aromatic N) is 4. The van der Waals surface area contributed by atoms with Crippen LogP contribution >= 0.6 is 0 Å². The van der Waals surface area contributed by atoms with Gasteiger partial charge in [-0.15, -0.1) is 0 Å². The van der Waals surface area contributed by atoms with E-state index >= 15 is 0 Å². The molecule has 38 heavy (non-hydrogen) atoms. The van der Waals surface area contributed by atoms with Gasteiger partial charge >= 0.3 is 12.2 Å². The summed E-state index contributed by atoms with van der Waals surface area (Å²) in [5.41, 5.74) is 4.70. The van der Waals surface area contributed by atoms with Crippen LogP contribution in [0.15, 0.2) is 60.8 Å². The number of pyridine rings is 1. The van der Waals surface area contributed by atoms with Gasteiger partial charge in [-0.05, 0) is 29.3 Å². The molecule has 1 saturated heterocycles. The number of aromatic nitrogens is 3. The Morgan fingerprint density at radius 1 is 1.11 bits per heavy atom. The first kappa shape index (κ1) is 24.2. The van der Waals surface area contributed by atoms with Crippen molar-refractivity contribution in [3.63, 3.8) is 0 Å². The Kier molecular flexibility index (Phi) is 5.94. The lowest BCUT2D eigenvalue weighted by atomic mass is 9.92. The minimum absolute atomic E-state index is 0.137. The van der Waals surface area contributed by atoms with E-state index in [0.717, 1.165) is 27.6 Å². The van der Waals surface area contributed by atoms with Crippen LogP contribution in [0, 0.1) is 0 Å². The van der Waals surface area contributed by atoms with Crippen LogP contribution in [0.25, 0.3) is 22.2 Å². The lowest BCUT2D eigenvalue weighted by Gasteiger charge is -2.36.